The van der Waals surface area contributed by atoms with E-state index in [1.165, 1.54) is 4.90 Å². The molecule has 0 atom stereocenters. The molecule has 4 rings (SSSR count). The summed E-state index contributed by atoms with van der Waals surface area (Å²) >= 11 is 0. The molecule has 0 saturated carbocycles. The highest BCUT2D eigenvalue weighted by Crippen LogP contribution is 2.33. The molecule has 0 unspecified atom stereocenters. The van der Waals surface area contributed by atoms with Gasteiger partial charge in [0.2, 0.25) is 0 Å². The first kappa shape index (κ1) is 11.7. The topological polar surface area (TPSA) is 37.4 Å². The Bertz CT molecular complexity index is 900. The van der Waals surface area contributed by atoms with E-state index in [1.807, 2.05) is 24.3 Å². The van der Waals surface area contributed by atoms with Crippen molar-refractivity contribution in [1.29, 1.82) is 0 Å². The minimum Gasteiger partial charge on any atom is -0.268 e. The molecule has 0 aromatic heterocycles. The SMILES string of the molecule is C#Cc1cccc2c1C(=O)N(c1ccc3c(c1)C=C3)C2=O. The number of terminal acetylenes is 1. The molecule has 0 fully saturated rings. The van der Waals surface area contributed by atoms with Gasteiger partial charge in [0.1, 0.15) is 0 Å². The summed E-state index contributed by atoms with van der Waals surface area (Å²) in [5.41, 5.74) is 3.86. The third-order valence-electron chi connectivity index (χ3n) is 3.84. The van der Waals surface area contributed by atoms with Gasteiger partial charge in [-0.1, -0.05) is 30.2 Å². The Kier molecular flexibility index (Phi) is 2.19. The monoisotopic (exact) mass is 271 g/mol. The van der Waals surface area contributed by atoms with Gasteiger partial charge in [0.05, 0.1) is 16.8 Å². The van der Waals surface area contributed by atoms with Crippen LogP contribution in [0, 0.1) is 12.3 Å². The highest BCUT2D eigenvalue weighted by atomic mass is 16.2. The zero-order valence-corrected chi connectivity index (χ0v) is 11.0. The van der Waals surface area contributed by atoms with Crippen LogP contribution in [-0.4, -0.2) is 11.8 Å². The van der Waals surface area contributed by atoms with Crippen molar-refractivity contribution in [3.8, 4) is 12.3 Å². The summed E-state index contributed by atoms with van der Waals surface area (Å²) in [6, 6.07) is 10.5. The van der Waals surface area contributed by atoms with Crippen molar-refractivity contribution < 1.29 is 9.59 Å². The molecule has 1 heterocycles. The molecular formula is C18H9NO2. The number of carbonyl (C=O) groups is 2. The van der Waals surface area contributed by atoms with Crippen LogP contribution in [0.15, 0.2) is 36.4 Å². The zero-order chi connectivity index (χ0) is 14.6. The maximum absolute atomic E-state index is 12.6. The molecule has 1 aliphatic heterocycles. The van der Waals surface area contributed by atoms with Crippen LogP contribution >= 0.6 is 0 Å². The van der Waals surface area contributed by atoms with Crippen LogP contribution in [-0.2, 0) is 0 Å². The number of amides is 2. The molecule has 21 heavy (non-hydrogen) atoms. The van der Waals surface area contributed by atoms with E-state index in [9.17, 15) is 9.59 Å². The fourth-order valence-corrected chi connectivity index (χ4v) is 2.72. The van der Waals surface area contributed by atoms with Crippen molar-refractivity contribution >= 4 is 29.7 Å². The molecule has 98 valence electrons. The van der Waals surface area contributed by atoms with Gasteiger partial charge in [-0.3, -0.25) is 9.59 Å². The number of nitrogens with zero attached hydrogens (tertiary/aromatic N) is 1. The van der Waals surface area contributed by atoms with Gasteiger partial charge in [-0.05, 0) is 35.4 Å². The number of benzene rings is 2. The van der Waals surface area contributed by atoms with Gasteiger partial charge in [-0.15, -0.1) is 6.42 Å². The van der Waals surface area contributed by atoms with E-state index in [-0.39, 0.29) is 11.8 Å². The van der Waals surface area contributed by atoms with Crippen molar-refractivity contribution in [2.75, 3.05) is 4.90 Å². The number of anilines is 1. The molecule has 1 aliphatic carbocycles. The summed E-state index contributed by atoms with van der Waals surface area (Å²) in [6.45, 7) is 0. The Morgan fingerprint density at radius 3 is 2.43 bits per heavy atom. The maximum atomic E-state index is 12.6. The van der Waals surface area contributed by atoms with Gasteiger partial charge in [-0.25, -0.2) is 4.90 Å². The number of rotatable bonds is 1. The van der Waals surface area contributed by atoms with Crippen LogP contribution in [0.25, 0.3) is 12.2 Å². The van der Waals surface area contributed by atoms with E-state index in [2.05, 4.69) is 5.92 Å². The van der Waals surface area contributed by atoms with Crippen molar-refractivity contribution in [2.45, 2.75) is 0 Å². The summed E-state index contributed by atoms with van der Waals surface area (Å²) < 4.78 is 0. The summed E-state index contributed by atoms with van der Waals surface area (Å²) in [5.74, 6) is 1.79. The Morgan fingerprint density at radius 2 is 1.76 bits per heavy atom. The van der Waals surface area contributed by atoms with Crippen LogP contribution in [0.1, 0.15) is 37.4 Å². The number of imide groups is 1. The second-order valence-electron chi connectivity index (χ2n) is 4.96. The molecule has 0 bridgehead atoms. The van der Waals surface area contributed by atoms with Crippen LogP contribution in [0.2, 0.25) is 0 Å². The van der Waals surface area contributed by atoms with Crippen molar-refractivity contribution in [3.05, 3.63) is 64.2 Å². The van der Waals surface area contributed by atoms with Gasteiger partial charge in [-0.2, -0.15) is 0 Å². The highest BCUT2D eigenvalue weighted by Gasteiger charge is 2.38. The molecule has 0 radical (unpaired) electrons. The Labute approximate surface area is 121 Å². The van der Waals surface area contributed by atoms with E-state index in [4.69, 9.17) is 6.42 Å². The number of hydrogen-bond donors (Lipinski definition) is 0. The van der Waals surface area contributed by atoms with Crippen LogP contribution in [0.5, 0.6) is 0 Å². The summed E-state index contributed by atoms with van der Waals surface area (Å²) in [7, 11) is 0. The molecule has 2 aliphatic rings. The average Bonchev–Trinajstić information content (AvgIpc) is 2.73. The Balaban J connectivity index is 1.87. The second-order valence-corrected chi connectivity index (χ2v) is 4.96. The van der Waals surface area contributed by atoms with Gasteiger partial charge >= 0.3 is 0 Å². The van der Waals surface area contributed by atoms with Gasteiger partial charge in [0.15, 0.2) is 0 Å². The Morgan fingerprint density at radius 1 is 0.952 bits per heavy atom. The molecule has 0 spiro atoms. The fraction of sp³-hybridized carbons (Fsp3) is 0. The van der Waals surface area contributed by atoms with Gasteiger partial charge in [0, 0.05) is 5.56 Å². The first-order valence-corrected chi connectivity index (χ1v) is 6.51. The second kappa shape index (κ2) is 3.94. The van der Waals surface area contributed by atoms with Crippen molar-refractivity contribution in [1.82, 2.24) is 0 Å². The minimum absolute atomic E-state index is 0.322. The minimum atomic E-state index is -0.355. The Hall–Kier alpha value is -3.12. The lowest BCUT2D eigenvalue weighted by molar-refractivity contribution is 0.0926. The summed E-state index contributed by atoms with van der Waals surface area (Å²) in [4.78, 5) is 26.3. The molecule has 0 saturated heterocycles. The first-order valence-electron chi connectivity index (χ1n) is 6.51. The predicted molar refractivity (Wildman–Crippen MR) is 80.9 cm³/mol. The van der Waals surface area contributed by atoms with Crippen molar-refractivity contribution in [2.24, 2.45) is 0 Å². The number of carbonyl (C=O) groups excluding carboxylic acids is 2. The molecule has 3 nitrogen and oxygen atoms in total. The standard InChI is InChI=1S/C18H9NO2/c1-2-11-4-3-5-15-16(11)18(21)19(17(15)20)14-9-8-12-6-7-13(12)10-14/h1,3-10H. The van der Waals surface area contributed by atoms with Crippen LogP contribution < -0.4 is 4.90 Å². The maximum Gasteiger partial charge on any atom is 0.267 e. The zero-order valence-electron chi connectivity index (χ0n) is 11.0. The number of hydrogen-bond acceptors (Lipinski definition) is 2. The quantitative estimate of drug-likeness (QED) is 0.504. The number of fused-ring (bicyclic) bond motifs is 2. The molecule has 2 aromatic rings. The summed E-state index contributed by atoms with van der Waals surface area (Å²) in [5, 5.41) is 0. The third kappa shape index (κ3) is 1.44. The van der Waals surface area contributed by atoms with E-state index < -0.39 is 0 Å². The molecule has 2 aromatic carbocycles. The normalized spacial score (nSPS) is 14.5. The van der Waals surface area contributed by atoms with Crippen LogP contribution in [0.4, 0.5) is 5.69 Å². The molecule has 3 heteroatoms. The first-order chi connectivity index (χ1) is 10.2. The molecule has 2 amide bonds. The third-order valence-corrected chi connectivity index (χ3v) is 3.84. The average molecular weight is 271 g/mol. The lowest BCUT2D eigenvalue weighted by Crippen LogP contribution is -2.29. The van der Waals surface area contributed by atoms with E-state index in [1.54, 1.807) is 24.3 Å². The highest BCUT2D eigenvalue weighted by molar-refractivity contribution is 6.35. The lowest BCUT2D eigenvalue weighted by Gasteiger charge is -2.18. The van der Waals surface area contributed by atoms with E-state index in [0.29, 0.717) is 22.4 Å². The van der Waals surface area contributed by atoms with Gasteiger partial charge < -0.3 is 0 Å². The van der Waals surface area contributed by atoms with Gasteiger partial charge in [0.25, 0.3) is 11.8 Å². The molecular weight excluding hydrogens is 262 g/mol. The summed E-state index contributed by atoms with van der Waals surface area (Å²) in [6.07, 6.45) is 9.36. The lowest BCUT2D eigenvalue weighted by atomic mass is 9.97. The van der Waals surface area contributed by atoms with E-state index in [0.717, 1.165) is 11.1 Å². The molecule has 0 N–H and O–H groups in total. The van der Waals surface area contributed by atoms with E-state index >= 15 is 0 Å². The fourth-order valence-electron chi connectivity index (χ4n) is 2.72. The van der Waals surface area contributed by atoms with Crippen LogP contribution in [0.3, 0.4) is 0 Å². The smallest absolute Gasteiger partial charge is 0.267 e. The largest absolute Gasteiger partial charge is 0.268 e. The predicted octanol–water partition coefficient (Wildman–Crippen LogP) is 2.95. The van der Waals surface area contributed by atoms with Crippen molar-refractivity contribution in [3.63, 3.8) is 0 Å².